The van der Waals surface area contributed by atoms with E-state index < -0.39 is 0 Å². The number of hydrogen-bond donors (Lipinski definition) is 1. The molecule has 0 saturated heterocycles. The third-order valence-corrected chi connectivity index (χ3v) is 2.70. The van der Waals surface area contributed by atoms with Crippen LogP contribution in [-0.2, 0) is 4.79 Å². The molecular formula is C15H22N2O. The van der Waals surface area contributed by atoms with Crippen molar-refractivity contribution in [1.82, 2.24) is 4.90 Å². The summed E-state index contributed by atoms with van der Waals surface area (Å²) >= 11 is 0. The van der Waals surface area contributed by atoms with Crippen molar-refractivity contribution in [2.75, 3.05) is 25.5 Å². The molecule has 0 aliphatic heterocycles. The highest BCUT2D eigenvalue weighted by atomic mass is 16.2. The van der Waals surface area contributed by atoms with Crippen molar-refractivity contribution in [3.05, 3.63) is 41.5 Å². The zero-order valence-electron chi connectivity index (χ0n) is 11.7. The number of hydrogen-bond acceptors (Lipinski definition) is 2. The van der Waals surface area contributed by atoms with Crippen LogP contribution in [0.3, 0.4) is 0 Å². The molecule has 1 aromatic carbocycles. The Morgan fingerprint density at radius 1 is 1.28 bits per heavy atom. The van der Waals surface area contributed by atoms with E-state index in [0.717, 1.165) is 28.9 Å². The van der Waals surface area contributed by atoms with Gasteiger partial charge in [-0.05, 0) is 38.9 Å². The molecule has 0 spiro atoms. The zero-order chi connectivity index (χ0) is 13.7. The third kappa shape index (κ3) is 4.34. The first-order chi connectivity index (χ1) is 8.40. The molecule has 0 radical (unpaired) electrons. The normalized spacial score (nSPS) is 10.5. The maximum atomic E-state index is 11.9. The Balaban J connectivity index is 2.62. The van der Waals surface area contributed by atoms with E-state index in [1.54, 1.807) is 0 Å². The first kappa shape index (κ1) is 14.5. The van der Waals surface area contributed by atoms with Gasteiger partial charge in [-0.15, -0.1) is 0 Å². The van der Waals surface area contributed by atoms with Gasteiger partial charge in [-0.3, -0.25) is 9.69 Å². The average molecular weight is 246 g/mol. The largest absolute Gasteiger partial charge is 0.324 e. The summed E-state index contributed by atoms with van der Waals surface area (Å²) in [5.41, 5.74) is 4.15. The summed E-state index contributed by atoms with van der Waals surface area (Å²) in [6, 6.07) is 5.99. The highest BCUT2D eigenvalue weighted by Gasteiger charge is 2.09. The van der Waals surface area contributed by atoms with Crippen LogP contribution in [0, 0.1) is 13.8 Å². The Morgan fingerprint density at radius 3 is 2.33 bits per heavy atom. The van der Waals surface area contributed by atoms with Crippen LogP contribution in [0.5, 0.6) is 0 Å². The van der Waals surface area contributed by atoms with Crippen molar-refractivity contribution in [2.45, 2.75) is 20.8 Å². The van der Waals surface area contributed by atoms with Crippen LogP contribution in [0.2, 0.25) is 0 Å². The van der Waals surface area contributed by atoms with E-state index in [0.29, 0.717) is 6.54 Å². The predicted molar refractivity (Wildman–Crippen MR) is 76.9 cm³/mol. The number of benzene rings is 1. The maximum Gasteiger partial charge on any atom is 0.238 e. The fourth-order valence-corrected chi connectivity index (χ4v) is 1.95. The highest BCUT2D eigenvalue weighted by molar-refractivity contribution is 5.93. The van der Waals surface area contributed by atoms with Gasteiger partial charge in [-0.25, -0.2) is 0 Å². The van der Waals surface area contributed by atoms with Gasteiger partial charge >= 0.3 is 0 Å². The van der Waals surface area contributed by atoms with Crippen molar-refractivity contribution in [3.8, 4) is 0 Å². The topological polar surface area (TPSA) is 32.3 Å². The third-order valence-electron chi connectivity index (χ3n) is 2.70. The van der Waals surface area contributed by atoms with E-state index in [4.69, 9.17) is 0 Å². The fourth-order valence-electron chi connectivity index (χ4n) is 1.95. The molecular weight excluding hydrogens is 224 g/mol. The molecule has 1 amide bonds. The lowest BCUT2D eigenvalue weighted by molar-refractivity contribution is -0.116. The Bertz CT molecular complexity index is 432. The highest BCUT2D eigenvalue weighted by Crippen LogP contribution is 2.19. The second-order valence-electron chi connectivity index (χ2n) is 4.94. The summed E-state index contributed by atoms with van der Waals surface area (Å²) in [7, 11) is 1.92. The number of amides is 1. The summed E-state index contributed by atoms with van der Waals surface area (Å²) in [6.45, 7) is 10.9. The van der Waals surface area contributed by atoms with Gasteiger partial charge < -0.3 is 5.32 Å². The van der Waals surface area contributed by atoms with E-state index in [1.165, 1.54) is 0 Å². The van der Waals surface area contributed by atoms with Crippen LogP contribution >= 0.6 is 0 Å². The minimum absolute atomic E-state index is 0.0103. The van der Waals surface area contributed by atoms with E-state index in [1.807, 2.05) is 50.9 Å². The Labute approximate surface area is 109 Å². The van der Waals surface area contributed by atoms with E-state index >= 15 is 0 Å². The minimum atomic E-state index is 0.0103. The average Bonchev–Trinajstić information content (AvgIpc) is 2.22. The SMILES string of the molecule is C=C(C)CN(C)CC(=O)Nc1c(C)cccc1C. The number of nitrogens with one attached hydrogen (secondary N) is 1. The lowest BCUT2D eigenvalue weighted by Crippen LogP contribution is -2.31. The van der Waals surface area contributed by atoms with Crippen molar-refractivity contribution < 1.29 is 4.79 Å². The summed E-state index contributed by atoms with van der Waals surface area (Å²) in [5.74, 6) is 0.0103. The molecule has 98 valence electrons. The van der Waals surface area contributed by atoms with Crippen molar-refractivity contribution >= 4 is 11.6 Å². The maximum absolute atomic E-state index is 11.9. The van der Waals surface area contributed by atoms with Gasteiger partial charge in [-0.2, -0.15) is 0 Å². The Morgan fingerprint density at radius 2 is 1.83 bits per heavy atom. The molecule has 0 fully saturated rings. The molecule has 0 atom stereocenters. The molecule has 0 unspecified atom stereocenters. The first-order valence-electron chi connectivity index (χ1n) is 6.09. The van der Waals surface area contributed by atoms with Crippen LogP contribution in [0.15, 0.2) is 30.4 Å². The number of anilines is 1. The zero-order valence-corrected chi connectivity index (χ0v) is 11.7. The molecule has 0 bridgehead atoms. The van der Waals surface area contributed by atoms with Crippen LogP contribution in [0.1, 0.15) is 18.1 Å². The van der Waals surface area contributed by atoms with Gasteiger partial charge in [0.25, 0.3) is 0 Å². The summed E-state index contributed by atoms with van der Waals surface area (Å²) < 4.78 is 0. The molecule has 1 N–H and O–H groups in total. The van der Waals surface area contributed by atoms with Gasteiger partial charge in [0.2, 0.25) is 5.91 Å². The first-order valence-corrected chi connectivity index (χ1v) is 6.09. The van der Waals surface area contributed by atoms with Crippen molar-refractivity contribution in [1.29, 1.82) is 0 Å². The standard InChI is InChI=1S/C15H22N2O/c1-11(2)9-17(5)10-14(18)16-15-12(3)7-6-8-13(15)4/h6-8H,1,9-10H2,2-5H3,(H,16,18). The number of carbonyl (C=O) groups is 1. The molecule has 0 heterocycles. The summed E-state index contributed by atoms with van der Waals surface area (Å²) in [6.07, 6.45) is 0. The fraction of sp³-hybridized carbons (Fsp3) is 0.400. The second kappa shape index (κ2) is 6.36. The van der Waals surface area contributed by atoms with E-state index in [9.17, 15) is 4.79 Å². The molecule has 1 aromatic rings. The Kier molecular flexibility index (Phi) is 5.10. The number of likely N-dealkylation sites (N-methyl/N-ethyl adjacent to an activating group) is 1. The minimum Gasteiger partial charge on any atom is -0.324 e. The molecule has 0 saturated carbocycles. The van der Waals surface area contributed by atoms with Gasteiger partial charge in [0, 0.05) is 12.2 Å². The number of carbonyl (C=O) groups excluding carboxylic acids is 1. The molecule has 1 rings (SSSR count). The van der Waals surface area contributed by atoms with Crippen molar-refractivity contribution in [2.24, 2.45) is 0 Å². The number of nitrogens with zero attached hydrogens (tertiary/aromatic N) is 1. The van der Waals surface area contributed by atoms with Crippen LogP contribution in [0.4, 0.5) is 5.69 Å². The Hall–Kier alpha value is -1.61. The number of para-hydroxylation sites is 1. The molecule has 3 heteroatoms. The van der Waals surface area contributed by atoms with Gasteiger partial charge in [0.1, 0.15) is 0 Å². The second-order valence-corrected chi connectivity index (χ2v) is 4.94. The van der Waals surface area contributed by atoms with Gasteiger partial charge in [-0.1, -0.05) is 30.4 Å². The number of rotatable bonds is 5. The molecule has 0 aromatic heterocycles. The molecule has 3 nitrogen and oxygen atoms in total. The lowest BCUT2D eigenvalue weighted by atomic mass is 10.1. The van der Waals surface area contributed by atoms with Crippen LogP contribution < -0.4 is 5.32 Å². The monoisotopic (exact) mass is 246 g/mol. The van der Waals surface area contributed by atoms with Crippen LogP contribution in [0.25, 0.3) is 0 Å². The van der Waals surface area contributed by atoms with E-state index in [2.05, 4.69) is 11.9 Å². The van der Waals surface area contributed by atoms with Gasteiger partial charge in [0.05, 0.1) is 6.54 Å². The summed E-state index contributed by atoms with van der Waals surface area (Å²) in [4.78, 5) is 13.9. The van der Waals surface area contributed by atoms with Crippen molar-refractivity contribution in [3.63, 3.8) is 0 Å². The predicted octanol–water partition coefficient (Wildman–Crippen LogP) is 2.75. The van der Waals surface area contributed by atoms with Crippen LogP contribution in [-0.4, -0.2) is 30.9 Å². The molecule has 0 aliphatic rings. The van der Waals surface area contributed by atoms with Gasteiger partial charge in [0.15, 0.2) is 0 Å². The smallest absolute Gasteiger partial charge is 0.238 e. The quantitative estimate of drug-likeness (QED) is 0.810. The molecule has 0 aliphatic carbocycles. The van der Waals surface area contributed by atoms with E-state index in [-0.39, 0.29) is 5.91 Å². The number of aryl methyl sites for hydroxylation is 2. The summed E-state index contributed by atoms with van der Waals surface area (Å²) in [5, 5.41) is 2.97. The molecule has 18 heavy (non-hydrogen) atoms. The lowest BCUT2D eigenvalue weighted by Gasteiger charge is -2.17.